The first-order valence-electron chi connectivity index (χ1n) is 4.37. The molecule has 0 aliphatic carbocycles. The summed E-state index contributed by atoms with van der Waals surface area (Å²) in [5, 5.41) is 2.55. The molecule has 0 radical (unpaired) electrons. The minimum absolute atomic E-state index is 0.373. The topological polar surface area (TPSA) is 12.0 Å². The van der Waals surface area contributed by atoms with Crippen LogP contribution in [0.3, 0.4) is 0 Å². The Morgan fingerprint density at radius 2 is 1.93 bits per heavy atom. The molecule has 1 nitrogen and oxygen atoms in total. The van der Waals surface area contributed by atoms with Crippen LogP contribution in [0.1, 0.15) is 18.5 Å². The molecule has 0 saturated carbocycles. The van der Waals surface area contributed by atoms with Crippen LogP contribution in [0.2, 0.25) is 0 Å². The summed E-state index contributed by atoms with van der Waals surface area (Å²) in [4.78, 5) is 0. The van der Waals surface area contributed by atoms with Gasteiger partial charge in [-0.1, -0.05) is 18.2 Å². The van der Waals surface area contributed by atoms with Crippen LogP contribution in [-0.4, -0.2) is 13.0 Å². The van der Waals surface area contributed by atoms with Gasteiger partial charge in [-0.3, -0.25) is 0 Å². The lowest BCUT2D eigenvalue weighted by molar-refractivity contribution is 0.142. The SMILES string of the molecule is C[C@@H](NCC(F)F)c1ccccc1F. The minimum Gasteiger partial charge on any atom is -0.305 e. The van der Waals surface area contributed by atoms with Crippen LogP contribution >= 0.6 is 0 Å². The number of hydrogen-bond acceptors (Lipinski definition) is 1. The van der Waals surface area contributed by atoms with Gasteiger partial charge in [0.2, 0.25) is 0 Å². The molecule has 1 aromatic carbocycles. The first kappa shape index (κ1) is 11.0. The van der Waals surface area contributed by atoms with E-state index in [0.717, 1.165) is 0 Å². The predicted octanol–water partition coefficient (Wildman–Crippen LogP) is 2.74. The third-order valence-electron chi connectivity index (χ3n) is 1.95. The molecule has 1 atom stereocenters. The van der Waals surface area contributed by atoms with Crippen molar-refractivity contribution in [2.24, 2.45) is 0 Å². The molecule has 0 bridgehead atoms. The summed E-state index contributed by atoms with van der Waals surface area (Å²) in [5.74, 6) is -0.373. The van der Waals surface area contributed by atoms with E-state index in [2.05, 4.69) is 5.32 Å². The summed E-state index contributed by atoms with van der Waals surface area (Å²) in [5.41, 5.74) is 0.410. The average Bonchev–Trinajstić information content (AvgIpc) is 2.15. The van der Waals surface area contributed by atoms with Crippen LogP contribution in [0.5, 0.6) is 0 Å². The lowest BCUT2D eigenvalue weighted by Crippen LogP contribution is -2.25. The van der Waals surface area contributed by atoms with Gasteiger partial charge in [-0.05, 0) is 13.0 Å². The molecule has 1 aromatic rings. The third-order valence-corrected chi connectivity index (χ3v) is 1.95. The normalized spacial score (nSPS) is 13.2. The molecule has 1 rings (SSSR count). The molecule has 0 unspecified atom stereocenters. The van der Waals surface area contributed by atoms with E-state index in [-0.39, 0.29) is 5.82 Å². The van der Waals surface area contributed by atoms with Crippen molar-refractivity contribution in [3.8, 4) is 0 Å². The molecule has 1 N–H and O–H groups in total. The molecule has 0 heterocycles. The highest BCUT2D eigenvalue weighted by Crippen LogP contribution is 2.15. The van der Waals surface area contributed by atoms with Crippen molar-refractivity contribution in [3.63, 3.8) is 0 Å². The maximum atomic E-state index is 13.1. The second-order valence-corrected chi connectivity index (χ2v) is 3.04. The fraction of sp³-hybridized carbons (Fsp3) is 0.400. The van der Waals surface area contributed by atoms with Crippen molar-refractivity contribution in [3.05, 3.63) is 35.6 Å². The molecule has 0 fully saturated rings. The van der Waals surface area contributed by atoms with Crippen molar-refractivity contribution in [1.82, 2.24) is 5.32 Å². The summed E-state index contributed by atoms with van der Waals surface area (Å²) >= 11 is 0. The molecule has 78 valence electrons. The summed E-state index contributed by atoms with van der Waals surface area (Å²) in [6.07, 6.45) is -2.41. The highest BCUT2D eigenvalue weighted by molar-refractivity contribution is 5.20. The summed E-state index contributed by atoms with van der Waals surface area (Å²) in [6, 6.07) is 5.75. The van der Waals surface area contributed by atoms with Gasteiger partial charge in [-0.15, -0.1) is 0 Å². The van der Waals surface area contributed by atoms with Crippen LogP contribution in [0, 0.1) is 5.82 Å². The zero-order valence-electron chi connectivity index (χ0n) is 7.81. The number of nitrogens with one attached hydrogen (secondary N) is 1. The Kier molecular flexibility index (Phi) is 3.95. The van der Waals surface area contributed by atoms with E-state index >= 15 is 0 Å². The van der Waals surface area contributed by atoms with Crippen molar-refractivity contribution in [2.45, 2.75) is 19.4 Å². The predicted molar refractivity (Wildman–Crippen MR) is 48.8 cm³/mol. The standard InChI is InChI=1S/C10H12F3N/c1-7(14-6-10(12)13)8-4-2-3-5-9(8)11/h2-5,7,10,14H,6H2,1H3/t7-/m1/s1. The number of alkyl halides is 2. The zero-order valence-corrected chi connectivity index (χ0v) is 7.81. The summed E-state index contributed by atoms with van der Waals surface area (Å²) in [6.45, 7) is 1.23. The smallest absolute Gasteiger partial charge is 0.250 e. The van der Waals surface area contributed by atoms with E-state index in [0.29, 0.717) is 5.56 Å². The Labute approximate surface area is 80.9 Å². The Bertz CT molecular complexity index is 288. The number of halogens is 3. The van der Waals surface area contributed by atoms with Crippen molar-refractivity contribution in [2.75, 3.05) is 6.54 Å². The third kappa shape index (κ3) is 3.03. The Balaban J connectivity index is 2.60. The van der Waals surface area contributed by atoms with Crippen LogP contribution in [0.4, 0.5) is 13.2 Å². The molecule has 0 aliphatic rings. The molecule has 0 saturated heterocycles. The van der Waals surface area contributed by atoms with E-state index < -0.39 is 19.0 Å². The van der Waals surface area contributed by atoms with Gasteiger partial charge in [0.1, 0.15) is 5.82 Å². The monoisotopic (exact) mass is 203 g/mol. The highest BCUT2D eigenvalue weighted by atomic mass is 19.3. The highest BCUT2D eigenvalue weighted by Gasteiger charge is 2.11. The van der Waals surface area contributed by atoms with Crippen LogP contribution < -0.4 is 5.32 Å². The van der Waals surface area contributed by atoms with Gasteiger partial charge in [0, 0.05) is 11.6 Å². The molecule has 4 heteroatoms. The van der Waals surface area contributed by atoms with E-state index in [9.17, 15) is 13.2 Å². The largest absolute Gasteiger partial charge is 0.305 e. The van der Waals surface area contributed by atoms with Crippen LogP contribution in [0.15, 0.2) is 24.3 Å². The van der Waals surface area contributed by atoms with E-state index in [1.807, 2.05) is 0 Å². The lowest BCUT2D eigenvalue weighted by atomic mass is 10.1. The maximum absolute atomic E-state index is 13.1. The first-order chi connectivity index (χ1) is 6.61. The summed E-state index contributed by atoms with van der Waals surface area (Å²) in [7, 11) is 0. The first-order valence-corrected chi connectivity index (χ1v) is 4.37. The molecular formula is C10H12F3N. The fourth-order valence-corrected chi connectivity index (χ4v) is 1.20. The zero-order chi connectivity index (χ0) is 10.6. The Morgan fingerprint density at radius 1 is 1.29 bits per heavy atom. The number of hydrogen-bond donors (Lipinski definition) is 1. The molecule has 14 heavy (non-hydrogen) atoms. The minimum atomic E-state index is -2.41. The average molecular weight is 203 g/mol. The van der Waals surface area contributed by atoms with E-state index in [1.54, 1.807) is 25.1 Å². The van der Waals surface area contributed by atoms with E-state index in [1.165, 1.54) is 6.07 Å². The summed E-state index contributed by atoms with van der Waals surface area (Å²) < 4.78 is 36.8. The second kappa shape index (κ2) is 5.00. The quantitative estimate of drug-likeness (QED) is 0.793. The van der Waals surface area contributed by atoms with Gasteiger partial charge in [-0.25, -0.2) is 13.2 Å². The number of benzene rings is 1. The molecule has 0 aliphatic heterocycles. The molecule has 0 aromatic heterocycles. The maximum Gasteiger partial charge on any atom is 0.250 e. The fourth-order valence-electron chi connectivity index (χ4n) is 1.20. The van der Waals surface area contributed by atoms with Gasteiger partial charge in [-0.2, -0.15) is 0 Å². The lowest BCUT2D eigenvalue weighted by Gasteiger charge is -2.14. The van der Waals surface area contributed by atoms with Gasteiger partial charge >= 0.3 is 0 Å². The van der Waals surface area contributed by atoms with Crippen molar-refractivity contribution >= 4 is 0 Å². The van der Waals surface area contributed by atoms with Gasteiger partial charge in [0.05, 0.1) is 6.54 Å². The van der Waals surface area contributed by atoms with Crippen molar-refractivity contribution < 1.29 is 13.2 Å². The van der Waals surface area contributed by atoms with Crippen LogP contribution in [0.25, 0.3) is 0 Å². The number of rotatable bonds is 4. The van der Waals surface area contributed by atoms with Crippen LogP contribution in [-0.2, 0) is 0 Å². The Hall–Kier alpha value is -1.03. The van der Waals surface area contributed by atoms with Gasteiger partial charge < -0.3 is 5.32 Å². The van der Waals surface area contributed by atoms with Gasteiger partial charge in [0.15, 0.2) is 0 Å². The Morgan fingerprint density at radius 3 is 2.50 bits per heavy atom. The van der Waals surface area contributed by atoms with Gasteiger partial charge in [0.25, 0.3) is 6.43 Å². The molecular weight excluding hydrogens is 191 g/mol. The molecule has 0 spiro atoms. The van der Waals surface area contributed by atoms with E-state index in [4.69, 9.17) is 0 Å². The molecule has 0 amide bonds. The van der Waals surface area contributed by atoms with Crippen molar-refractivity contribution in [1.29, 1.82) is 0 Å². The second-order valence-electron chi connectivity index (χ2n) is 3.04.